The van der Waals surface area contributed by atoms with Crippen molar-refractivity contribution >= 4 is 29.7 Å². The van der Waals surface area contributed by atoms with Gasteiger partial charge in [-0.1, -0.05) is 84.9 Å². The number of nitrogens with one attached hydrogen (secondary N) is 2. The van der Waals surface area contributed by atoms with Crippen LogP contribution in [-0.4, -0.2) is 18.5 Å². The molecule has 3 aromatic rings. The van der Waals surface area contributed by atoms with Gasteiger partial charge in [-0.05, 0) is 48.8 Å². The Morgan fingerprint density at radius 2 is 1.50 bits per heavy atom. The maximum Gasteiger partial charge on any atom is 0.237 e. The van der Waals surface area contributed by atoms with Crippen LogP contribution in [0.25, 0.3) is 0 Å². The molecular formula is C24H25N2OP. The van der Waals surface area contributed by atoms with Crippen molar-refractivity contribution in [2.75, 3.05) is 6.54 Å². The molecule has 4 heteroatoms. The summed E-state index contributed by atoms with van der Waals surface area (Å²) in [7, 11) is -0.675. The third-order valence-corrected chi connectivity index (χ3v) is 7.64. The molecular weight excluding hydrogens is 363 g/mol. The Bertz CT molecular complexity index is 869. The Kier molecular flexibility index (Phi) is 6.16. The molecule has 0 spiro atoms. The molecule has 4 rings (SSSR count). The maximum atomic E-state index is 12.5. The van der Waals surface area contributed by atoms with Gasteiger partial charge in [0.2, 0.25) is 5.91 Å². The molecule has 0 unspecified atom stereocenters. The van der Waals surface area contributed by atoms with Crippen molar-refractivity contribution in [2.24, 2.45) is 0 Å². The van der Waals surface area contributed by atoms with Gasteiger partial charge in [-0.15, -0.1) is 0 Å². The average molecular weight is 388 g/mol. The molecule has 1 saturated heterocycles. The standard InChI is InChI=1S/C24H25N2OP/c27-24(22-15-9-17-25-22)26-18-19-10-7-8-16-23(19)28(20-11-3-1-4-12-20)21-13-5-2-6-14-21/h1-8,10-14,16,22,25H,9,15,17-18H2,(H,26,27)/t22-/m0/s1. The largest absolute Gasteiger partial charge is 0.351 e. The zero-order chi connectivity index (χ0) is 19.2. The van der Waals surface area contributed by atoms with E-state index < -0.39 is 7.92 Å². The van der Waals surface area contributed by atoms with E-state index >= 15 is 0 Å². The first-order chi connectivity index (χ1) is 13.8. The van der Waals surface area contributed by atoms with Gasteiger partial charge in [0.1, 0.15) is 0 Å². The Morgan fingerprint density at radius 1 is 0.893 bits per heavy atom. The van der Waals surface area contributed by atoms with E-state index in [4.69, 9.17) is 0 Å². The van der Waals surface area contributed by atoms with Crippen LogP contribution in [0, 0.1) is 0 Å². The van der Waals surface area contributed by atoms with Gasteiger partial charge in [0, 0.05) is 6.54 Å². The van der Waals surface area contributed by atoms with Crippen LogP contribution in [0.5, 0.6) is 0 Å². The highest BCUT2D eigenvalue weighted by atomic mass is 31.1. The zero-order valence-corrected chi connectivity index (χ0v) is 16.7. The third-order valence-electron chi connectivity index (χ3n) is 5.09. The van der Waals surface area contributed by atoms with Crippen molar-refractivity contribution < 1.29 is 4.79 Å². The molecule has 1 aliphatic heterocycles. The van der Waals surface area contributed by atoms with E-state index in [-0.39, 0.29) is 11.9 Å². The number of carbonyl (C=O) groups excluding carboxylic acids is 1. The second-order valence-electron chi connectivity index (χ2n) is 7.00. The molecule has 142 valence electrons. The fourth-order valence-electron chi connectivity index (χ4n) is 3.67. The summed E-state index contributed by atoms with van der Waals surface area (Å²) in [5.74, 6) is 0.107. The highest BCUT2D eigenvalue weighted by molar-refractivity contribution is 7.79. The van der Waals surface area contributed by atoms with Crippen molar-refractivity contribution in [1.82, 2.24) is 10.6 Å². The molecule has 1 atom stereocenters. The van der Waals surface area contributed by atoms with E-state index in [9.17, 15) is 4.79 Å². The number of carbonyl (C=O) groups is 1. The lowest BCUT2D eigenvalue weighted by atomic mass is 10.2. The van der Waals surface area contributed by atoms with E-state index in [1.807, 2.05) is 0 Å². The van der Waals surface area contributed by atoms with Gasteiger partial charge in [-0.3, -0.25) is 4.79 Å². The van der Waals surface area contributed by atoms with E-state index in [0.717, 1.165) is 19.4 Å². The van der Waals surface area contributed by atoms with Crippen molar-refractivity contribution in [2.45, 2.75) is 25.4 Å². The average Bonchev–Trinajstić information content (AvgIpc) is 3.30. The Hall–Kier alpha value is -2.48. The maximum absolute atomic E-state index is 12.5. The molecule has 0 radical (unpaired) electrons. The molecule has 0 aromatic heterocycles. The summed E-state index contributed by atoms with van der Waals surface area (Å²) in [6.07, 6.45) is 2.00. The highest BCUT2D eigenvalue weighted by Crippen LogP contribution is 2.33. The van der Waals surface area contributed by atoms with E-state index in [0.29, 0.717) is 6.54 Å². The van der Waals surface area contributed by atoms with Crippen molar-refractivity contribution in [3.8, 4) is 0 Å². The quantitative estimate of drug-likeness (QED) is 0.638. The topological polar surface area (TPSA) is 41.1 Å². The molecule has 1 heterocycles. The van der Waals surface area contributed by atoms with Gasteiger partial charge in [0.15, 0.2) is 0 Å². The first kappa shape index (κ1) is 18.9. The third kappa shape index (κ3) is 4.32. The van der Waals surface area contributed by atoms with Crippen molar-refractivity contribution in [1.29, 1.82) is 0 Å². The summed E-state index contributed by atoms with van der Waals surface area (Å²) in [6.45, 7) is 1.49. The molecule has 1 fully saturated rings. The fraction of sp³-hybridized carbons (Fsp3) is 0.208. The van der Waals surface area contributed by atoms with Gasteiger partial charge in [0.05, 0.1) is 6.04 Å². The number of amides is 1. The second kappa shape index (κ2) is 9.14. The van der Waals surface area contributed by atoms with Crippen LogP contribution >= 0.6 is 7.92 Å². The normalized spacial score (nSPS) is 16.2. The Morgan fingerprint density at radius 3 is 2.11 bits per heavy atom. The Balaban J connectivity index is 1.64. The van der Waals surface area contributed by atoms with Crippen LogP contribution in [0.3, 0.4) is 0 Å². The monoisotopic (exact) mass is 388 g/mol. The molecule has 0 bridgehead atoms. The van der Waals surface area contributed by atoms with Gasteiger partial charge in [0.25, 0.3) is 0 Å². The van der Waals surface area contributed by atoms with Crippen LogP contribution in [0.4, 0.5) is 0 Å². The molecule has 0 saturated carbocycles. The van der Waals surface area contributed by atoms with Gasteiger partial charge >= 0.3 is 0 Å². The smallest absolute Gasteiger partial charge is 0.237 e. The van der Waals surface area contributed by atoms with Crippen LogP contribution in [-0.2, 0) is 11.3 Å². The summed E-state index contributed by atoms with van der Waals surface area (Å²) in [4.78, 5) is 12.5. The number of benzene rings is 3. The first-order valence-electron chi connectivity index (χ1n) is 9.82. The highest BCUT2D eigenvalue weighted by Gasteiger charge is 2.23. The first-order valence-corrected chi connectivity index (χ1v) is 11.2. The minimum atomic E-state index is -0.675. The van der Waals surface area contributed by atoms with E-state index in [1.165, 1.54) is 21.5 Å². The summed E-state index contributed by atoms with van der Waals surface area (Å²) in [5.41, 5.74) is 1.19. The lowest BCUT2D eigenvalue weighted by molar-refractivity contribution is -0.122. The molecule has 3 aromatic carbocycles. The Labute approximate surface area is 167 Å². The molecule has 1 aliphatic rings. The molecule has 1 amide bonds. The second-order valence-corrected chi connectivity index (χ2v) is 9.19. The van der Waals surface area contributed by atoms with Crippen molar-refractivity contribution in [3.63, 3.8) is 0 Å². The predicted molar refractivity (Wildman–Crippen MR) is 118 cm³/mol. The van der Waals surface area contributed by atoms with Crippen LogP contribution in [0.2, 0.25) is 0 Å². The van der Waals surface area contributed by atoms with Crippen LogP contribution in [0.1, 0.15) is 18.4 Å². The minimum absolute atomic E-state index is 0.0445. The summed E-state index contributed by atoms with van der Waals surface area (Å²) < 4.78 is 0. The van der Waals surface area contributed by atoms with E-state index in [1.54, 1.807) is 0 Å². The SMILES string of the molecule is O=C(NCc1ccccc1P(c1ccccc1)c1ccccc1)[C@@H]1CCCN1. The molecule has 0 aliphatic carbocycles. The zero-order valence-electron chi connectivity index (χ0n) is 15.8. The van der Waals surface area contributed by atoms with E-state index in [2.05, 4.69) is 95.6 Å². The van der Waals surface area contributed by atoms with Gasteiger partial charge in [-0.25, -0.2) is 0 Å². The molecule has 3 nitrogen and oxygen atoms in total. The van der Waals surface area contributed by atoms with Crippen molar-refractivity contribution in [3.05, 3.63) is 90.5 Å². The predicted octanol–water partition coefficient (Wildman–Crippen LogP) is 2.81. The molecule has 28 heavy (non-hydrogen) atoms. The number of hydrogen-bond acceptors (Lipinski definition) is 2. The minimum Gasteiger partial charge on any atom is -0.351 e. The lowest BCUT2D eigenvalue weighted by Gasteiger charge is -2.22. The lowest BCUT2D eigenvalue weighted by Crippen LogP contribution is -2.40. The van der Waals surface area contributed by atoms with Gasteiger partial charge < -0.3 is 10.6 Å². The van der Waals surface area contributed by atoms with Gasteiger partial charge in [-0.2, -0.15) is 0 Å². The molecule has 2 N–H and O–H groups in total. The summed E-state index contributed by atoms with van der Waals surface area (Å²) in [5, 5.41) is 10.4. The summed E-state index contributed by atoms with van der Waals surface area (Å²) >= 11 is 0. The number of hydrogen-bond donors (Lipinski definition) is 2. The van der Waals surface area contributed by atoms with Crippen LogP contribution in [0.15, 0.2) is 84.9 Å². The van der Waals surface area contributed by atoms with Crippen LogP contribution < -0.4 is 26.5 Å². The number of rotatable bonds is 6. The fourth-order valence-corrected chi connectivity index (χ4v) is 6.14. The summed E-state index contributed by atoms with van der Waals surface area (Å²) in [6, 6.07) is 29.8.